The first-order chi connectivity index (χ1) is 3.27. The molecule has 0 bridgehead atoms. The number of hydrogen-bond acceptors (Lipinski definition) is 1. The van der Waals surface area contributed by atoms with Crippen molar-refractivity contribution in [3.05, 3.63) is 18.8 Å². The van der Waals surface area contributed by atoms with E-state index in [1.54, 1.807) is 6.26 Å². The molecular weight excluding hydrogens is 88.1 g/mol. The number of rotatable bonds is 2. The molecule has 0 aliphatic heterocycles. The largest absolute Gasteiger partial charge is 0.501 e. The summed E-state index contributed by atoms with van der Waals surface area (Å²) >= 11 is 0. The molecule has 0 heterocycles. The van der Waals surface area contributed by atoms with Gasteiger partial charge in [-0.05, 0) is 26.3 Å². The molecule has 1 heteroatoms. The average molecular weight is 99.2 g/mol. The molecule has 0 amide bonds. The molecule has 41 valence electrons. The zero-order chi connectivity index (χ0) is 5.70. The maximum absolute atomic E-state index is 4.82. The normalized spacial score (nSPS) is 7.86. The fourth-order valence-corrected chi connectivity index (χ4v) is 0.226. The van der Waals surface area contributed by atoms with Crippen LogP contribution in [0.1, 0.15) is 13.8 Å². The van der Waals surface area contributed by atoms with Crippen LogP contribution < -0.4 is 0 Å². The molecule has 0 saturated carbocycles. The van der Waals surface area contributed by atoms with E-state index in [4.69, 9.17) is 4.74 Å². The van der Waals surface area contributed by atoms with Gasteiger partial charge in [0, 0.05) is 0 Å². The summed E-state index contributed by atoms with van der Waals surface area (Å²) in [6.07, 6.45) is 1.70. The van der Waals surface area contributed by atoms with Crippen molar-refractivity contribution < 1.29 is 4.74 Å². The quantitative estimate of drug-likeness (QED) is 0.479. The molecule has 0 unspecified atom stereocenters. The van der Waals surface area contributed by atoms with E-state index in [0.29, 0.717) is 6.61 Å². The number of ether oxygens (including phenoxy) is 1. The molecule has 0 N–H and O–H groups in total. The first kappa shape index (κ1) is 6.54. The predicted octanol–water partition coefficient (Wildman–Crippen LogP) is 1.76. The van der Waals surface area contributed by atoms with Gasteiger partial charge in [0.2, 0.25) is 0 Å². The van der Waals surface area contributed by atoms with Gasteiger partial charge in [0.05, 0.1) is 12.9 Å². The van der Waals surface area contributed by atoms with E-state index < -0.39 is 0 Å². The summed E-state index contributed by atoms with van der Waals surface area (Å²) in [7, 11) is 0. The van der Waals surface area contributed by atoms with Crippen molar-refractivity contribution in [3.8, 4) is 0 Å². The topological polar surface area (TPSA) is 9.23 Å². The maximum Gasteiger partial charge on any atom is 0.0874 e. The fourth-order valence-electron chi connectivity index (χ4n) is 0.226. The second kappa shape index (κ2) is 3.72. The Morgan fingerprint density at radius 2 is 2.29 bits per heavy atom. The van der Waals surface area contributed by atoms with Crippen molar-refractivity contribution in [2.45, 2.75) is 13.8 Å². The summed E-state index contributed by atoms with van der Waals surface area (Å²) in [6, 6.07) is 0. The molecule has 7 heavy (non-hydrogen) atoms. The Hall–Kier alpha value is -0.460. The van der Waals surface area contributed by atoms with Gasteiger partial charge in [-0.2, -0.15) is 0 Å². The van der Waals surface area contributed by atoms with Gasteiger partial charge in [-0.3, -0.25) is 0 Å². The van der Waals surface area contributed by atoms with Crippen molar-refractivity contribution in [2.24, 2.45) is 0 Å². The van der Waals surface area contributed by atoms with Gasteiger partial charge >= 0.3 is 0 Å². The molecule has 0 fully saturated rings. The second-order valence-corrected chi connectivity index (χ2v) is 1.57. The van der Waals surface area contributed by atoms with Gasteiger partial charge in [0.15, 0.2) is 0 Å². The summed E-state index contributed by atoms with van der Waals surface area (Å²) in [4.78, 5) is 0. The van der Waals surface area contributed by atoms with E-state index in [1.165, 1.54) is 5.57 Å². The van der Waals surface area contributed by atoms with Crippen LogP contribution in [0.2, 0.25) is 0 Å². The van der Waals surface area contributed by atoms with Crippen LogP contribution in [0.25, 0.3) is 0 Å². The molecule has 0 aromatic rings. The zero-order valence-corrected chi connectivity index (χ0v) is 4.90. The van der Waals surface area contributed by atoms with Crippen LogP contribution in [0.15, 0.2) is 11.8 Å². The number of allylic oxidation sites excluding steroid dienone is 1. The smallest absolute Gasteiger partial charge is 0.0874 e. The van der Waals surface area contributed by atoms with E-state index in [2.05, 4.69) is 6.92 Å². The zero-order valence-electron chi connectivity index (χ0n) is 4.90. The first-order valence-electron chi connectivity index (χ1n) is 2.31. The summed E-state index contributed by atoms with van der Waals surface area (Å²) in [5, 5.41) is 0. The summed E-state index contributed by atoms with van der Waals surface area (Å²) in [5.74, 6) is 0. The molecule has 0 aliphatic carbocycles. The van der Waals surface area contributed by atoms with Gasteiger partial charge in [-0.1, -0.05) is 0 Å². The Bertz CT molecular complexity index is 60.6. The van der Waals surface area contributed by atoms with Crippen LogP contribution in [0.3, 0.4) is 0 Å². The van der Waals surface area contributed by atoms with Gasteiger partial charge in [-0.25, -0.2) is 0 Å². The van der Waals surface area contributed by atoms with Crippen LogP contribution in [0.5, 0.6) is 0 Å². The summed E-state index contributed by atoms with van der Waals surface area (Å²) in [5.41, 5.74) is 1.17. The molecule has 0 atom stereocenters. The first-order valence-corrected chi connectivity index (χ1v) is 2.31. The van der Waals surface area contributed by atoms with Crippen LogP contribution >= 0.6 is 0 Å². The standard InChI is InChI=1S/C6H11O/c1-4-7-5-6(2)3/h5H,1,4H2,2-3H3. The third-order valence-corrected chi connectivity index (χ3v) is 0.437. The Morgan fingerprint density at radius 1 is 1.71 bits per heavy atom. The minimum Gasteiger partial charge on any atom is -0.501 e. The van der Waals surface area contributed by atoms with Crippen molar-refractivity contribution in [1.29, 1.82) is 0 Å². The van der Waals surface area contributed by atoms with Crippen molar-refractivity contribution in [2.75, 3.05) is 6.61 Å². The minimum atomic E-state index is 0.519. The Kier molecular flexibility index (Phi) is 3.48. The highest BCUT2D eigenvalue weighted by atomic mass is 16.5. The second-order valence-electron chi connectivity index (χ2n) is 1.57. The molecule has 1 radical (unpaired) electrons. The molecule has 0 rings (SSSR count). The molecule has 0 spiro atoms. The van der Waals surface area contributed by atoms with E-state index in [9.17, 15) is 0 Å². The van der Waals surface area contributed by atoms with E-state index in [1.807, 2.05) is 13.8 Å². The van der Waals surface area contributed by atoms with E-state index >= 15 is 0 Å². The molecule has 0 aliphatic rings. The van der Waals surface area contributed by atoms with Crippen LogP contribution in [-0.2, 0) is 4.74 Å². The summed E-state index contributed by atoms with van der Waals surface area (Å²) < 4.78 is 4.82. The van der Waals surface area contributed by atoms with Gasteiger partial charge < -0.3 is 4.74 Å². The Balaban J connectivity index is 3.08. The highest BCUT2D eigenvalue weighted by Gasteiger charge is 1.71. The average Bonchev–Trinajstić information content (AvgIpc) is 1.61. The molecule has 0 saturated heterocycles. The van der Waals surface area contributed by atoms with Crippen molar-refractivity contribution in [1.82, 2.24) is 0 Å². The fraction of sp³-hybridized carbons (Fsp3) is 0.500. The number of hydrogen-bond donors (Lipinski definition) is 0. The van der Waals surface area contributed by atoms with E-state index in [0.717, 1.165) is 0 Å². The summed E-state index contributed by atoms with van der Waals surface area (Å²) in [6.45, 7) is 7.97. The maximum atomic E-state index is 4.82. The van der Waals surface area contributed by atoms with Gasteiger partial charge in [-0.15, -0.1) is 0 Å². The molecule has 1 nitrogen and oxygen atoms in total. The monoisotopic (exact) mass is 99.1 g/mol. The van der Waals surface area contributed by atoms with Crippen LogP contribution in [0.4, 0.5) is 0 Å². The Labute approximate surface area is 45.0 Å². The third kappa shape index (κ3) is 5.54. The van der Waals surface area contributed by atoms with E-state index in [-0.39, 0.29) is 0 Å². The van der Waals surface area contributed by atoms with Gasteiger partial charge in [0.25, 0.3) is 0 Å². The van der Waals surface area contributed by atoms with Crippen LogP contribution in [0, 0.1) is 6.92 Å². The molecule has 0 aromatic heterocycles. The predicted molar refractivity (Wildman–Crippen MR) is 30.7 cm³/mol. The lowest BCUT2D eigenvalue weighted by atomic mass is 10.4. The van der Waals surface area contributed by atoms with Crippen molar-refractivity contribution in [3.63, 3.8) is 0 Å². The molecular formula is C6H11O. The highest BCUT2D eigenvalue weighted by molar-refractivity contribution is 4.86. The lowest BCUT2D eigenvalue weighted by molar-refractivity contribution is 0.284. The third-order valence-electron chi connectivity index (χ3n) is 0.437. The SMILES string of the molecule is [CH2]COC=C(C)C. The van der Waals surface area contributed by atoms with Crippen molar-refractivity contribution >= 4 is 0 Å². The Morgan fingerprint density at radius 3 is 2.43 bits per heavy atom. The lowest BCUT2D eigenvalue weighted by Gasteiger charge is -1.91. The van der Waals surface area contributed by atoms with Gasteiger partial charge in [0.1, 0.15) is 0 Å². The van der Waals surface area contributed by atoms with Crippen LogP contribution in [-0.4, -0.2) is 6.61 Å². The minimum absolute atomic E-state index is 0.519. The lowest BCUT2D eigenvalue weighted by Crippen LogP contribution is -1.77. The highest BCUT2D eigenvalue weighted by Crippen LogP contribution is 1.87. The molecule has 0 aromatic carbocycles.